The number of nitrogens with zero attached hydrogens (tertiary/aromatic N) is 8. The first kappa shape index (κ1) is 108. The second kappa shape index (κ2) is 58.5. The smallest absolute Gasteiger partial charge is 0.453 e. The van der Waals surface area contributed by atoms with Crippen molar-refractivity contribution in [3.8, 4) is 109 Å². The van der Waals surface area contributed by atoms with Gasteiger partial charge in [0.05, 0.1) is 52.5 Å². The van der Waals surface area contributed by atoms with Gasteiger partial charge in [-0.15, -0.1) is 4.57 Å². The highest BCUT2D eigenvalue weighted by atomic mass is 79.9. The van der Waals surface area contributed by atoms with Gasteiger partial charge >= 0.3 is 29.8 Å². The highest BCUT2D eigenvalue weighted by molar-refractivity contribution is 9.09. The number of ketones is 2. The second-order valence-electron chi connectivity index (χ2n) is 26.7. The van der Waals surface area contributed by atoms with E-state index in [9.17, 15) is 53.1 Å². The zero-order valence-corrected chi connectivity index (χ0v) is 75.5. The van der Waals surface area contributed by atoms with Gasteiger partial charge in [0.1, 0.15) is 86.9 Å². The number of aryl methyl sites for hydroxylation is 4. The van der Waals surface area contributed by atoms with Gasteiger partial charge in [0, 0.05) is 91.1 Å². The normalized spacial score (nSPS) is 9.85. The number of allylic oxidation sites excluding steroid dienone is 1. The van der Waals surface area contributed by atoms with Gasteiger partial charge in [0.15, 0.2) is 19.0 Å². The van der Waals surface area contributed by atoms with Crippen molar-refractivity contribution in [1.29, 1.82) is 26.3 Å². The number of carboxylic acids is 1. The molecule has 6 aromatic carbocycles. The summed E-state index contributed by atoms with van der Waals surface area (Å²) < 4.78 is 45.5. The lowest BCUT2D eigenvalue weighted by atomic mass is 10.0. The zero-order chi connectivity index (χ0) is 96.1. The van der Waals surface area contributed by atoms with Crippen LogP contribution in [0.1, 0.15) is 84.7 Å². The molecule has 0 fully saturated rings. The number of aromatic amines is 4. The highest BCUT2D eigenvalue weighted by Crippen LogP contribution is 2.29. The third-order valence-corrected chi connectivity index (χ3v) is 17.0. The summed E-state index contributed by atoms with van der Waals surface area (Å²) in [4.78, 5) is 124. The third-order valence-electron chi connectivity index (χ3n) is 16.6. The summed E-state index contributed by atoms with van der Waals surface area (Å²) in [7, 11) is 15.6. The minimum absolute atomic E-state index is 0.0433. The first-order valence-electron chi connectivity index (χ1n) is 38.4. The quantitative estimate of drug-likeness (QED) is 0.00918. The van der Waals surface area contributed by atoms with Crippen LogP contribution >= 0.6 is 15.9 Å². The number of H-pyrrole nitrogens is 4. The Bertz CT molecular complexity index is 5800. The predicted octanol–water partition coefficient (Wildman–Crippen LogP) is 11.2. The number of aromatic nitrogens is 5. The Labute approximate surface area is 748 Å². The molecule has 0 atom stereocenters. The molecule has 672 valence electrons. The number of rotatable bonds is 25. The van der Waals surface area contributed by atoms with Crippen LogP contribution in [0.4, 0.5) is 0 Å². The number of benzene rings is 6. The summed E-state index contributed by atoms with van der Waals surface area (Å²) in [6, 6.07) is 54.6. The van der Waals surface area contributed by atoms with Gasteiger partial charge < -0.3 is 78.4 Å². The summed E-state index contributed by atoms with van der Waals surface area (Å²) in [5.41, 5.74) is 15.0. The van der Waals surface area contributed by atoms with E-state index in [1.807, 2.05) is 142 Å². The number of phenols is 1. The van der Waals surface area contributed by atoms with E-state index < -0.39 is 41.3 Å². The van der Waals surface area contributed by atoms with E-state index in [2.05, 4.69) is 46.3 Å². The number of aliphatic carboxylic acids is 1. The zero-order valence-electron chi connectivity index (χ0n) is 74.0. The van der Waals surface area contributed by atoms with Crippen LogP contribution in [0.3, 0.4) is 0 Å². The van der Waals surface area contributed by atoms with Crippen molar-refractivity contribution < 1.29 is 86.2 Å². The summed E-state index contributed by atoms with van der Waals surface area (Å²) >= 11 is 2.94. The number of carbonyl (C=O) groups is 6. The first-order chi connectivity index (χ1) is 60.9. The van der Waals surface area contributed by atoms with Crippen LogP contribution in [0.5, 0.6) is 34.5 Å². The molecular formula is C93H103BrN13O21+. The fourth-order valence-electron chi connectivity index (χ4n) is 10.5. The molecule has 0 saturated carbocycles. The molecule has 0 aliphatic heterocycles. The fourth-order valence-corrected chi connectivity index (χ4v) is 10.7. The van der Waals surface area contributed by atoms with E-state index >= 15 is 0 Å². The SMILES string of the molecule is CCOC(=O)CBr.CCOC(=O)COc1ccc(-c2cc(C#N)c(=O)[nH]c2C)cc1.COC(OC)N(C)C.COc1ccc(-c2cc(C#N)c(=O)[nH]c2C)cc1.COc1ccc(/C(=C/N(C)C)C(C)=O)cc1.COc1ccc(CC(C)=O)cc1.Cc1[nH]c(=O)[n+](C#N)cc1-c1ccc(O)cc1.Cc1[nH]c(=O)c(C#N)cc1-c1ccc(OCC(=O)O)cc1.N#CCC(N)=O. The molecular weight excluding hydrogens is 1710 g/mol. The molecule has 0 aliphatic rings. The molecule has 8 N–H and O–H groups in total. The van der Waals surface area contributed by atoms with Crippen LogP contribution in [0.15, 0.2) is 195 Å². The highest BCUT2D eigenvalue weighted by Gasteiger charge is 2.16. The van der Waals surface area contributed by atoms with E-state index in [1.54, 1.807) is 181 Å². The number of primary amides is 1. The lowest BCUT2D eigenvalue weighted by Crippen LogP contribution is -2.47. The number of amides is 1. The van der Waals surface area contributed by atoms with Crippen LogP contribution in [-0.2, 0) is 54.1 Å². The molecule has 1 amide bonds. The summed E-state index contributed by atoms with van der Waals surface area (Å²) in [6.07, 6.45) is 5.17. The number of hydrogen-bond acceptors (Lipinski definition) is 27. The Balaban J connectivity index is 0.000000501. The topological polar surface area (TPSA) is 513 Å². The van der Waals surface area contributed by atoms with Gasteiger partial charge in [0.2, 0.25) is 12.3 Å². The number of esters is 2. The van der Waals surface area contributed by atoms with Crippen LogP contribution in [0.2, 0.25) is 0 Å². The number of nitrogens with one attached hydrogen (secondary N) is 4. The van der Waals surface area contributed by atoms with E-state index in [-0.39, 0.29) is 65.0 Å². The number of carbonyl (C=O) groups excluding carboxylic acids is 5. The molecule has 35 heteroatoms. The number of nitrogens with two attached hydrogens (primary N) is 1. The Kier molecular flexibility index (Phi) is 49.6. The van der Waals surface area contributed by atoms with Crippen molar-refractivity contribution in [1.82, 2.24) is 29.7 Å². The molecule has 0 aliphatic carbocycles. The average Bonchev–Trinajstić information content (AvgIpc) is 0.830. The Hall–Kier alpha value is -15.6. The number of alkyl halides is 1. The van der Waals surface area contributed by atoms with Crippen LogP contribution < -0.4 is 56.4 Å². The average molecular weight is 1820 g/mol. The molecule has 0 spiro atoms. The maximum absolute atomic E-state index is 11.6. The van der Waals surface area contributed by atoms with Gasteiger partial charge in [0.25, 0.3) is 16.7 Å². The number of nitriles is 5. The van der Waals surface area contributed by atoms with Gasteiger partial charge in [-0.2, -0.15) is 21.0 Å². The van der Waals surface area contributed by atoms with Crippen molar-refractivity contribution in [2.24, 2.45) is 5.73 Å². The van der Waals surface area contributed by atoms with Crippen molar-refractivity contribution in [2.75, 3.05) is 95.5 Å². The number of ether oxygens (including phenoxy) is 9. The molecule has 0 unspecified atom stereocenters. The molecule has 34 nitrogen and oxygen atoms in total. The number of halogens is 1. The Morgan fingerprint density at radius 2 is 0.875 bits per heavy atom. The van der Waals surface area contributed by atoms with Crippen LogP contribution in [0.25, 0.3) is 50.1 Å². The predicted molar refractivity (Wildman–Crippen MR) is 482 cm³/mol. The molecule has 0 saturated heterocycles. The van der Waals surface area contributed by atoms with Crippen molar-refractivity contribution in [3.63, 3.8) is 0 Å². The Morgan fingerprint density at radius 3 is 1.17 bits per heavy atom. The molecule has 10 aromatic rings. The molecule has 4 heterocycles. The molecule has 0 bridgehead atoms. The number of hydrogen-bond donors (Lipinski definition) is 7. The summed E-state index contributed by atoms with van der Waals surface area (Å²) in [5, 5.41) is 61.2. The monoisotopic (exact) mass is 1820 g/mol. The van der Waals surface area contributed by atoms with Gasteiger partial charge in [-0.05, 0) is 194 Å². The second-order valence-corrected chi connectivity index (χ2v) is 27.2. The van der Waals surface area contributed by atoms with E-state index in [1.165, 1.54) is 12.3 Å². The number of phenolic OH excluding ortho intramolecular Hbond substituents is 1. The fraction of sp³-hybridized carbons (Fsp3) is 0.269. The standard InChI is InChI=1S/C17H16N2O4.C15H12N2O4.C14H12N2O2.C13H17NO2.C12H9N3O2.C10H12O2.C5H13NO2.C4H7BrO2.C3H4N2O/c1-3-22-16(20)10-23-14-6-4-12(5-7-14)15-8-13(9-18)17(21)19-11(15)2;1-9-13(6-11(7-16)15(20)17-9)10-2-4-12(5-3-10)21-8-14(18)19;1-9-13(7-11(8-15)14(17)16-9)10-3-5-12(18-2)6-4-10;1-10(15)13(9-14(2)3)11-5-7-12(16-4)8-6-11;1-8-11(6-15(7-13)12(17)14-8)9-2-4-10(16)5-3-9;1-8(11)7-9-3-5-10(12-2)6-4-9;1-6(2)5(7-3)8-4;1-2-7-4(6)3-5;4-2-1-3(5)6/h4-8H,3,10H2,1-2H3,(H,19,21);2-6H,8H2,1H3,(H,17,20)(H,18,19);3-7H,1-2H3,(H,16,17);5-9H,1-4H3;2-6,16H,1H3;3-6H,7H2,1-2H3;5H,1-4H3;2-3H2,1H3;1H2,(H2,5,6)/p+1/b;;;13-9+;;;;;. The number of Topliss-reactive ketones (excluding diaryl/α,β-unsaturated/α-hetero) is 2. The van der Waals surface area contributed by atoms with Crippen molar-refractivity contribution in [3.05, 3.63) is 268 Å². The number of methoxy groups -OCH3 is 5. The minimum atomic E-state index is -1.05. The van der Waals surface area contributed by atoms with Crippen LogP contribution in [-0.4, -0.2) is 177 Å². The molecule has 128 heavy (non-hydrogen) atoms. The van der Waals surface area contributed by atoms with Gasteiger partial charge in [-0.1, -0.05) is 88.7 Å². The molecule has 0 radical (unpaired) electrons. The third kappa shape index (κ3) is 39.3. The molecule has 10 rings (SSSR count). The maximum Gasteiger partial charge on any atom is 0.453 e. The minimum Gasteiger partial charge on any atom is -0.508 e. The number of aromatic hydroxyl groups is 1. The lowest BCUT2D eigenvalue weighted by Gasteiger charge is -2.19. The van der Waals surface area contributed by atoms with Crippen molar-refractivity contribution in [2.45, 2.75) is 74.6 Å². The van der Waals surface area contributed by atoms with E-state index in [0.29, 0.717) is 59.1 Å². The maximum atomic E-state index is 11.6. The molecule has 4 aromatic heterocycles. The largest absolute Gasteiger partial charge is 0.508 e. The van der Waals surface area contributed by atoms with E-state index in [0.717, 1.165) is 83.1 Å². The van der Waals surface area contributed by atoms with E-state index in [4.69, 9.17) is 69.3 Å². The Morgan fingerprint density at radius 1 is 0.516 bits per heavy atom. The number of pyridine rings is 3. The van der Waals surface area contributed by atoms with Gasteiger partial charge in [-0.3, -0.25) is 38.5 Å². The van der Waals surface area contributed by atoms with Crippen LogP contribution in [0, 0.1) is 84.5 Å². The number of carboxylic acid groups (broad SMARTS) is 1. The summed E-state index contributed by atoms with van der Waals surface area (Å²) in [6.45, 7) is 14.0. The van der Waals surface area contributed by atoms with Gasteiger partial charge in [-0.25, -0.2) is 19.4 Å². The van der Waals surface area contributed by atoms with Crippen molar-refractivity contribution >= 4 is 56.9 Å². The first-order valence-corrected chi connectivity index (χ1v) is 39.5. The lowest BCUT2D eigenvalue weighted by molar-refractivity contribution is -0.605. The summed E-state index contributed by atoms with van der Waals surface area (Å²) in [5.74, 6) is 1.50.